The van der Waals surface area contributed by atoms with Crippen LogP contribution in [-0.2, 0) is 10.2 Å². The van der Waals surface area contributed by atoms with Crippen molar-refractivity contribution in [2.45, 2.75) is 45.4 Å². The third-order valence-corrected chi connectivity index (χ3v) is 5.19. The average Bonchev–Trinajstić information content (AvgIpc) is 2.84. The Hall–Kier alpha value is -1.28. The molecule has 2 unspecified atom stereocenters. The summed E-state index contributed by atoms with van der Waals surface area (Å²) in [5.41, 5.74) is 0.429. The van der Waals surface area contributed by atoms with Crippen LogP contribution in [0.2, 0.25) is 5.02 Å². The molecule has 1 aromatic heterocycles. The van der Waals surface area contributed by atoms with Gasteiger partial charge in [-0.25, -0.2) is 0 Å². The molecule has 21 heavy (non-hydrogen) atoms. The molecule has 3 rings (SSSR count). The van der Waals surface area contributed by atoms with Gasteiger partial charge >= 0.3 is 0 Å². The summed E-state index contributed by atoms with van der Waals surface area (Å²) in [6.07, 6.45) is 2.74. The van der Waals surface area contributed by atoms with Gasteiger partial charge in [0.25, 0.3) is 0 Å². The minimum atomic E-state index is -0.292. The van der Waals surface area contributed by atoms with Crippen molar-refractivity contribution in [2.75, 3.05) is 0 Å². The number of halogens is 1. The lowest BCUT2D eigenvalue weighted by molar-refractivity contribution is -0.128. The maximum Gasteiger partial charge on any atom is 0.152 e. The molecule has 1 aromatic carbocycles. The van der Waals surface area contributed by atoms with Crippen molar-refractivity contribution >= 4 is 28.4 Å². The highest BCUT2D eigenvalue weighted by Gasteiger charge is 2.41. The van der Waals surface area contributed by atoms with Crippen molar-refractivity contribution < 1.29 is 9.21 Å². The molecule has 0 radical (unpaired) electrons. The van der Waals surface area contributed by atoms with E-state index in [-0.39, 0.29) is 11.3 Å². The molecule has 1 aliphatic carbocycles. The lowest BCUT2D eigenvalue weighted by Gasteiger charge is -2.36. The number of hydrogen-bond donors (Lipinski definition) is 0. The number of para-hydroxylation sites is 1. The summed E-state index contributed by atoms with van der Waals surface area (Å²) in [5, 5.41) is 1.63. The van der Waals surface area contributed by atoms with Crippen molar-refractivity contribution in [3.05, 3.63) is 35.0 Å². The van der Waals surface area contributed by atoms with E-state index in [1.165, 1.54) is 0 Å². The van der Waals surface area contributed by atoms with Gasteiger partial charge in [-0.3, -0.25) is 4.79 Å². The molecule has 2 atom stereocenters. The highest BCUT2D eigenvalue weighted by atomic mass is 35.5. The molecule has 112 valence electrons. The van der Waals surface area contributed by atoms with Crippen LogP contribution in [0.5, 0.6) is 0 Å². The minimum absolute atomic E-state index is 0.0352. The Bertz CT molecular complexity index is 684. The molecule has 2 nitrogen and oxygen atoms in total. The largest absolute Gasteiger partial charge is 0.459 e. The molecule has 0 aliphatic heterocycles. The van der Waals surface area contributed by atoms with Gasteiger partial charge in [-0.15, -0.1) is 0 Å². The fourth-order valence-corrected chi connectivity index (χ4v) is 3.70. The molecule has 0 N–H and O–H groups in total. The Labute approximate surface area is 130 Å². The summed E-state index contributed by atoms with van der Waals surface area (Å²) in [4.78, 5) is 12.4. The molecule has 0 bridgehead atoms. The first-order chi connectivity index (χ1) is 9.89. The van der Waals surface area contributed by atoms with E-state index >= 15 is 0 Å². The van der Waals surface area contributed by atoms with Gasteiger partial charge in [0.15, 0.2) is 5.58 Å². The van der Waals surface area contributed by atoms with Crippen LogP contribution in [-0.4, -0.2) is 5.78 Å². The molecule has 0 spiro atoms. The topological polar surface area (TPSA) is 30.2 Å². The van der Waals surface area contributed by atoms with Crippen LogP contribution >= 0.6 is 11.6 Å². The maximum absolute atomic E-state index is 12.4. The van der Waals surface area contributed by atoms with E-state index in [0.29, 0.717) is 23.1 Å². The Morgan fingerprint density at radius 3 is 2.71 bits per heavy atom. The summed E-state index contributed by atoms with van der Waals surface area (Å²) in [6, 6.07) is 7.78. The zero-order chi connectivity index (χ0) is 15.2. The number of carbonyl (C=O) groups excluding carboxylic acids is 1. The van der Waals surface area contributed by atoms with Crippen LogP contribution in [0.4, 0.5) is 0 Å². The van der Waals surface area contributed by atoms with E-state index in [1.54, 1.807) is 0 Å². The summed E-state index contributed by atoms with van der Waals surface area (Å²) in [7, 11) is 0. The fraction of sp³-hybridized carbons (Fsp3) is 0.500. The van der Waals surface area contributed by atoms with E-state index in [2.05, 4.69) is 20.8 Å². The van der Waals surface area contributed by atoms with Crippen LogP contribution in [0, 0.1) is 11.8 Å². The molecule has 3 heteroatoms. The van der Waals surface area contributed by atoms with Gasteiger partial charge in [-0.1, -0.05) is 44.5 Å². The van der Waals surface area contributed by atoms with Crippen molar-refractivity contribution in [1.82, 2.24) is 0 Å². The summed E-state index contributed by atoms with van der Waals surface area (Å²) in [5.74, 6) is 1.77. The molecule has 0 amide bonds. The number of carbonyl (C=O) groups is 1. The quantitative estimate of drug-likeness (QED) is 0.746. The molecule has 2 aromatic rings. The van der Waals surface area contributed by atoms with Gasteiger partial charge in [-0.05, 0) is 30.9 Å². The van der Waals surface area contributed by atoms with Crippen LogP contribution in [0.3, 0.4) is 0 Å². The number of rotatable bonds is 2. The highest BCUT2D eigenvalue weighted by Crippen LogP contribution is 2.42. The second-order valence-electron chi connectivity index (χ2n) is 6.90. The second kappa shape index (κ2) is 5.17. The SMILES string of the molecule is CC1CCC(C(C)(C)c2cc3cccc(Cl)c3o2)C(=O)C1. The molecule has 1 fully saturated rings. The predicted molar refractivity (Wildman–Crippen MR) is 85.8 cm³/mol. The van der Waals surface area contributed by atoms with Gasteiger partial charge < -0.3 is 4.42 Å². The lowest BCUT2D eigenvalue weighted by Crippen LogP contribution is -2.38. The smallest absolute Gasteiger partial charge is 0.152 e. The van der Waals surface area contributed by atoms with Crippen molar-refractivity contribution in [1.29, 1.82) is 0 Å². The third kappa shape index (κ3) is 2.50. The Morgan fingerprint density at radius 2 is 2.05 bits per heavy atom. The number of Topliss-reactive ketones (excluding diaryl/α,β-unsaturated/α-hetero) is 1. The average molecular weight is 305 g/mol. The van der Waals surface area contributed by atoms with Crippen LogP contribution < -0.4 is 0 Å². The monoisotopic (exact) mass is 304 g/mol. The van der Waals surface area contributed by atoms with Crippen LogP contribution in [0.15, 0.2) is 28.7 Å². The molecular weight excluding hydrogens is 284 g/mol. The fourth-order valence-electron chi connectivity index (χ4n) is 3.48. The molecule has 0 saturated heterocycles. The lowest BCUT2D eigenvalue weighted by atomic mass is 9.67. The van der Waals surface area contributed by atoms with Gasteiger partial charge in [-0.2, -0.15) is 0 Å². The Morgan fingerprint density at radius 1 is 1.29 bits per heavy atom. The van der Waals surface area contributed by atoms with Gasteiger partial charge in [0.05, 0.1) is 5.02 Å². The first-order valence-corrected chi connectivity index (χ1v) is 7.98. The normalized spacial score (nSPS) is 23.7. The number of furan rings is 1. The first kappa shape index (κ1) is 14.6. The summed E-state index contributed by atoms with van der Waals surface area (Å²) >= 11 is 6.19. The van der Waals surface area contributed by atoms with Crippen molar-refractivity contribution in [3.63, 3.8) is 0 Å². The van der Waals surface area contributed by atoms with E-state index in [0.717, 1.165) is 29.6 Å². The molecule has 1 heterocycles. The van der Waals surface area contributed by atoms with Crippen molar-refractivity contribution in [3.8, 4) is 0 Å². The van der Waals surface area contributed by atoms with Crippen LogP contribution in [0.1, 0.15) is 45.8 Å². The summed E-state index contributed by atoms with van der Waals surface area (Å²) < 4.78 is 6.01. The third-order valence-electron chi connectivity index (χ3n) is 4.89. The van der Waals surface area contributed by atoms with Crippen molar-refractivity contribution in [2.24, 2.45) is 11.8 Å². The van der Waals surface area contributed by atoms with E-state index in [1.807, 2.05) is 24.3 Å². The number of ketones is 1. The zero-order valence-electron chi connectivity index (χ0n) is 12.8. The number of benzene rings is 1. The molecule has 1 saturated carbocycles. The minimum Gasteiger partial charge on any atom is -0.459 e. The summed E-state index contributed by atoms with van der Waals surface area (Å²) in [6.45, 7) is 6.37. The Balaban J connectivity index is 1.99. The van der Waals surface area contributed by atoms with Crippen LogP contribution in [0.25, 0.3) is 11.0 Å². The molecule has 1 aliphatic rings. The molecular formula is C18H21ClO2. The standard InChI is InChI=1S/C18H21ClO2/c1-11-7-8-13(15(20)9-11)18(2,3)16-10-12-5-4-6-14(19)17(12)21-16/h4-6,10-11,13H,7-9H2,1-3H3. The van der Waals surface area contributed by atoms with Gasteiger partial charge in [0.2, 0.25) is 0 Å². The van der Waals surface area contributed by atoms with Gasteiger partial charge in [0, 0.05) is 23.1 Å². The first-order valence-electron chi connectivity index (χ1n) is 7.61. The number of fused-ring (bicyclic) bond motifs is 1. The number of hydrogen-bond acceptors (Lipinski definition) is 2. The van der Waals surface area contributed by atoms with E-state index < -0.39 is 0 Å². The second-order valence-corrected chi connectivity index (χ2v) is 7.30. The van der Waals surface area contributed by atoms with Gasteiger partial charge in [0.1, 0.15) is 11.5 Å². The Kier molecular flexibility index (Phi) is 3.61. The maximum atomic E-state index is 12.4. The predicted octanol–water partition coefficient (Wildman–Crippen LogP) is 5.37. The highest BCUT2D eigenvalue weighted by molar-refractivity contribution is 6.34. The zero-order valence-corrected chi connectivity index (χ0v) is 13.5. The van der Waals surface area contributed by atoms with E-state index in [4.69, 9.17) is 16.0 Å². The van der Waals surface area contributed by atoms with E-state index in [9.17, 15) is 4.79 Å².